The highest BCUT2D eigenvalue weighted by Gasteiger charge is 2.16. The van der Waals surface area contributed by atoms with Crippen LogP contribution in [0.3, 0.4) is 0 Å². The molecule has 0 spiro atoms. The fourth-order valence-electron chi connectivity index (χ4n) is 3.46. The maximum atomic E-state index is 11.1. The summed E-state index contributed by atoms with van der Waals surface area (Å²) in [6.07, 6.45) is 8.10. The maximum Gasteiger partial charge on any atom is 0.277 e. The van der Waals surface area contributed by atoms with Crippen molar-refractivity contribution in [1.82, 2.24) is 15.2 Å². The minimum atomic E-state index is 0.178. The first kappa shape index (κ1) is 22.4. The largest absolute Gasteiger partial charge is 0.508 e. The van der Waals surface area contributed by atoms with Crippen LogP contribution in [0.1, 0.15) is 16.7 Å². The Bertz CT molecular complexity index is 1290. The second-order valence-corrected chi connectivity index (χ2v) is 8.31. The van der Waals surface area contributed by atoms with E-state index in [4.69, 9.17) is 4.42 Å². The van der Waals surface area contributed by atoms with Crippen molar-refractivity contribution in [2.45, 2.75) is 23.8 Å². The van der Waals surface area contributed by atoms with Crippen LogP contribution in [-0.4, -0.2) is 25.4 Å². The molecule has 0 atom stereocenters. The Kier molecular flexibility index (Phi) is 6.90. The van der Waals surface area contributed by atoms with Crippen LogP contribution >= 0.6 is 11.8 Å². The van der Waals surface area contributed by atoms with Gasteiger partial charge in [-0.2, -0.15) is 0 Å². The smallest absolute Gasteiger partial charge is 0.277 e. The van der Waals surface area contributed by atoms with Crippen molar-refractivity contribution in [1.29, 1.82) is 0 Å². The Labute approximate surface area is 196 Å². The molecule has 0 aliphatic rings. The van der Waals surface area contributed by atoms with Crippen molar-refractivity contribution in [2.75, 3.05) is 0 Å². The topological polar surface area (TPSA) is 92.3 Å². The number of thioether (sulfide) groups is 1. The molecule has 2 aromatic heterocycles. The zero-order chi connectivity index (χ0) is 23.2. The van der Waals surface area contributed by atoms with Gasteiger partial charge in [0.2, 0.25) is 5.89 Å². The predicted molar refractivity (Wildman–Crippen MR) is 130 cm³/mol. The third-order valence-corrected chi connectivity index (χ3v) is 5.92. The highest BCUT2D eigenvalue weighted by Crippen LogP contribution is 2.38. The van der Waals surface area contributed by atoms with Crippen LogP contribution < -0.4 is 0 Å². The Morgan fingerprint density at radius 2 is 1.79 bits per heavy atom. The summed E-state index contributed by atoms with van der Waals surface area (Å²) in [5, 5.41) is 29.8. The fraction of sp³-hybridized carbons (Fsp3) is 0.115. The maximum absolute atomic E-state index is 11.1. The molecular weight excluding hydrogens is 434 g/mol. The second-order valence-electron chi connectivity index (χ2n) is 7.38. The quantitative estimate of drug-likeness (QED) is 0.237. The minimum Gasteiger partial charge on any atom is -0.508 e. The van der Waals surface area contributed by atoms with E-state index in [2.05, 4.69) is 28.3 Å². The van der Waals surface area contributed by atoms with Crippen molar-refractivity contribution < 1.29 is 14.6 Å². The van der Waals surface area contributed by atoms with E-state index in [0.29, 0.717) is 35.3 Å². The number of rotatable bonds is 9. The van der Waals surface area contributed by atoms with E-state index in [1.54, 1.807) is 36.7 Å². The summed E-state index contributed by atoms with van der Waals surface area (Å²) in [4.78, 5) is 4.07. The normalized spacial score (nSPS) is 10.8. The van der Waals surface area contributed by atoms with Gasteiger partial charge in [-0.15, -0.1) is 23.4 Å². The molecule has 2 aromatic carbocycles. The number of pyridine rings is 1. The van der Waals surface area contributed by atoms with E-state index in [9.17, 15) is 10.2 Å². The van der Waals surface area contributed by atoms with Gasteiger partial charge in [-0.1, -0.05) is 36.0 Å². The molecule has 2 heterocycles. The summed E-state index contributed by atoms with van der Waals surface area (Å²) in [5.74, 6) is 1.22. The van der Waals surface area contributed by atoms with E-state index >= 15 is 0 Å². The minimum absolute atomic E-state index is 0.178. The van der Waals surface area contributed by atoms with Crippen molar-refractivity contribution in [3.8, 4) is 34.1 Å². The molecular formula is C26H23N3O3S. The highest BCUT2D eigenvalue weighted by atomic mass is 32.2. The van der Waals surface area contributed by atoms with Gasteiger partial charge in [-0.05, 0) is 59.9 Å². The van der Waals surface area contributed by atoms with E-state index in [-0.39, 0.29) is 11.5 Å². The first-order chi connectivity index (χ1) is 16.1. The Morgan fingerprint density at radius 1 is 0.939 bits per heavy atom. The van der Waals surface area contributed by atoms with Crippen LogP contribution in [0.25, 0.3) is 22.6 Å². The summed E-state index contributed by atoms with van der Waals surface area (Å²) >= 11 is 1.35. The van der Waals surface area contributed by atoms with E-state index in [0.717, 1.165) is 27.8 Å². The number of benzene rings is 2. The summed E-state index contributed by atoms with van der Waals surface area (Å²) < 4.78 is 5.75. The number of nitrogens with zero attached hydrogens (tertiary/aromatic N) is 3. The van der Waals surface area contributed by atoms with Crippen molar-refractivity contribution in [3.63, 3.8) is 0 Å². The van der Waals surface area contributed by atoms with Crippen molar-refractivity contribution >= 4 is 11.8 Å². The van der Waals surface area contributed by atoms with Gasteiger partial charge in [0.15, 0.2) is 0 Å². The Morgan fingerprint density at radius 3 is 2.55 bits per heavy atom. The number of aromatic hydroxyl groups is 2. The molecule has 0 fully saturated rings. The monoisotopic (exact) mass is 457 g/mol. The molecule has 0 aliphatic heterocycles. The zero-order valence-corrected chi connectivity index (χ0v) is 18.8. The molecule has 0 saturated carbocycles. The molecule has 2 N–H and O–H groups in total. The fourth-order valence-corrected chi connectivity index (χ4v) is 4.20. The molecule has 0 aliphatic carbocycles. The average Bonchev–Trinajstić information content (AvgIpc) is 3.31. The molecule has 0 amide bonds. The van der Waals surface area contributed by atoms with Crippen LogP contribution in [0.4, 0.5) is 0 Å². The van der Waals surface area contributed by atoms with E-state index < -0.39 is 0 Å². The van der Waals surface area contributed by atoms with Crippen LogP contribution in [0, 0.1) is 0 Å². The molecule has 6 nitrogen and oxygen atoms in total. The van der Waals surface area contributed by atoms with Crippen molar-refractivity contribution in [2.24, 2.45) is 0 Å². The lowest BCUT2D eigenvalue weighted by Gasteiger charge is -2.14. The van der Waals surface area contributed by atoms with Gasteiger partial charge in [0.1, 0.15) is 11.5 Å². The highest BCUT2D eigenvalue weighted by molar-refractivity contribution is 7.98. The molecule has 0 saturated heterocycles. The van der Waals surface area contributed by atoms with Gasteiger partial charge in [0.25, 0.3) is 5.22 Å². The van der Waals surface area contributed by atoms with Gasteiger partial charge < -0.3 is 14.6 Å². The predicted octanol–water partition coefficient (Wildman–Crippen LogP) is 5.96. The zero-order valence-electron chi connectivity index (χ0n) is 17.9. The molecule has 0 radical (unpaired) electrons. The number of aromatic nitrogens is 3. The lowest BCUT2D eigenvalue weighted by molar-refractivity contribution is 0.464. The number of hydrogen-bond acceptors (Lipinski definition) is 7. The van der Waals surface area contributed by atoms with Gasteiger partial charge >= 0.3 is 0 Å². The lowest BCUT2D eigenvalue weighted by Crippen LogP contribution is -1.93. The lowest BCUT2D eigenvalue weighted by atomic mass is 9.95. The first-order valence-electron chi connectivity index (χ1n) is 10.3. The Balaban J connectivity index is 1.63. The molecule has 4 rings (SSSR count). The van der Waals surface area contributed by atoms with Gasteiger partial charge in [-0.3, -0.25) is 4.98 Å². The van der Waals surface area contributed by atoms with Crippen LogP contribution in [0.5, 0.6) is 11.5 Å². The van der Waals surface area contributed by atoms with Gasteiger partial charge in [-0.25, -0.2) is 0 Å². The molecule has 7 heteroatoms. The Hall–Kier alpha value is -3.84. The number of allylic oxidation sites excluding steroid dienone is 2. The second kappa shape index (κ2) is 10.2. The molecule has 33 heavy (non-hydrogen) atoms. The molecule has 166 valence electrons. The standard InChI is InChI=1S/C26H23N3O3S/c1-3-6-17-12-21(16-33-26-29-28-25(32-26)20-8-5-11-27-15-20)24(31)22(13-17)18-9-10-23(30)19(14-18)7-4-2/h3-5,8-15,30-31H,1-2,6-7,16H2. The summed E-state index contributed by atoms with van der Waals surface area (Å²) in [7, 11) is 0. The average molecular weight is 458 g/mol. The number of phenolic OH excluding ortho intramolecular Hbond substituents is 2. The van der Waals surface area contributed by atoms with Crippen LogP contribution in [0.2, 0.25) is 0 Å². The summed E-state index contributed by atoms with van der Waals surface area (Å²) in [6, 6.07) is 12.9. The summed E-state index contributed by atoms with van der Waals surface area (Å²) in [5.41, 5.74) is 4.77. The van der Waals surface area contributed by atoms with Crippen LogP contribution in [0.15, 0.2) is 89.8 Å². The molecule has 4 aromatic rings. The van der Waals surface area contributed by atoms with E-state index in [1.807, 2.05) is 30.3 Å². The van der Waals surface area contributed by atoms with E-state index in [1.165, 1.54) is 11.8 Å². The number of hydrogen-bond donors (Lipinski definition) is 2. The van der Waals surface area contributed by atoms with Crippen LogP contribution in [-0.2, 0) is 18.6 Å². The SMILES string of the molecule is C=CCc1cc(CSc2nnc(-c3cccnc3)o2)c(O)c(-c2ccc(O)c(CC=C)c2)c1. The van der Waals surface area contributed by atoms with Gasteiger partial charge in [0.05, 0.1) is 5.56 Å². The third-order valence-electron chi connectivity index (χ3n) is 5.05. The number of phenols is 2. The third kappa shape index (κ3) is 5.15. The van der Waals surface area contributed by atoms with Crippen molar-refractivity contribution in [3.05, 3.63) is 96.9 Å². The van der Waals surface area contributed by atoms with Gasteiger partial charge in [0, 0.05) is 29.3 Å². The first-order valence-corrected chi connectivity index (χ1v) is 11.3. The molecule has 0 unspecified atom stereocenters. The molecule has 0 bridgehead atoms. The summed E-state index contributed by atoms with van der Waals surface area (Å²) in [6.45, 7) is 7.58.